The predicted octanol–water partition coefficient (Wildman–Crippen LogP) is 9.46. The van der Waals surface area contributed by atoms with Crippen LogP contribution in [0, 0.1) is 45.3 Å². The Morgan fingerprint density at radius 1 is 0.478 bits per heavy atom. The SMILES string of the molecule is N#CC(C#N)=NC1=Cc2sc3c4c(sc3c2C1(C(=O)OCc1ccccc1)C(=O)OCc1ccccc1)-c1sc(N=C(C#N)C#N)cc1C4(C(=O)OCc1ccccc1)C(=O)OCc1ccccc1. The van der Waals surface area contributed by atoms with Crippen LogP contribution in [-0.4, -0.2) is 35.3 Å². The number of ether oxygens (including phenoxy) is 4. The van der Waals surface area contributed by atoms with Crippen LogP contribution in [0.5, 0.6) is 0 Å². The van der Waals surface area contributed by atoms with Gasteiger partial charge in [0, 0.05) is 21.6 Å². The van der Waals surface area contributed by atoms with E-state index in [0.29, 0.717) is 36.7 Å². The van der Waals surface area contributed by atoms with Gasteiger partial charge in [-0.25, -0.2) is 9.98 Å². The number of carbonyl (C=O) groups is 4. The molecule has 0 spiro atoms. The number of nitriles is 4. The molecule has 3 aromatic heterocycles. The summed E-state index contributed by atoms with van der Waals surface area (Å²) in [7, 11) is 0. The highest BCUT2D eigenvalue weighted by molar-refractivity contribution is 7.33. The van der Waals surface area contributed by atoms with Crippen LogP contribution in [0.3, 0.4) is 0 Å². The predicted molar refractivity (Wildman–Crippen MR) is 255 cm³/mol. The maximum Gasteiger partial charge on any atom is 0.334 e. The van der Waals surface area contributed by atoms with E-state index in [1.54, 1.807) is 146 Å². The summed E-state index contributed by atoms with van der Waals surface area (Å²) in [6, 6.07) is 43.5. The van der Waals surface area contributed by atoms with E-state index in [-0.39, 0.29) is 63.4 Å². The third kappa shape index (κ3) is 8.03. The smallest absolute Gasteiger partial charge is 0.334 e. The molecule has 9 rings (SSSR count). The Hall–Kier alpha value is -8.84. The molecule has 0 radical (unpaired) electrons. The van der Waals surface area contributed by atoms with Crippen molar-refractivity contribution >= 4 is 89.8 Å². The summed E-state index contributed by atoms with van der Waals surface area (Å²) >= 11 is 3.08. The molecule has 0 saturated carbocycles. The van der Waals surface area contributed by atoms with Crippen molar-refractivity contribution < 1.29 is 38.1 Å². The van der Waals surface area contributed by atoms with E-state index >= 15 is 19.2 Å². The van der Waals surface area contributed by atoms with Gasteiger partial charge in [0.25, 0.3) is 0 Å². The third-order valence-electron chi connectivity index (χ3n) is 11.2. The highest BCUT2D eigenvalue weighted by Gasteiger charge is 2.64. The maximum absolute atomic E-state index is 15.3. The van der Waals surface area contributed by atoms with Crippen molar-refractivity contribution in [2.45, 2.75) is 37.3 Å². The van der Waals surface area contributed by atoms with Crippen LogP contribution in [0.2, 0.25) is 0 Å². The van der Waals surface area contributed by atoms with Crippen LogP contribution in [0.4, 0.5) is 5.00 Å². The molecule has 2 aliphatic carbocycles. The van der Waals surface area contributed by atoms with E-state index < -0.39 is 46.1 Å². The third-order valence-corrected chi connectivity index (χ3v) is 14.9. The molecule has 7 aromatic rings. The van der Waals surface area contributed by atoms with Crippen LogP contribution in [0.15, 0.2) is 143 Å². The number of nitrogens with zero attached hydrogens (tertiary/aromatic N) is 6. The fourth-order valence-electron chi connectivity index (χ4n) is 8.11. The van der Waals surface area contributed by atoms with Crippen LogP contribution >= 0.6 is 34.0 Å². The quantitative estimate of drug-likeness (QED) is 0.0430. The second kappa shape index (κ2) is 19.2. The minimum Gasteiger partial charge on any atom is -0.459 e. The Bertz CT molecular complexity index is 3330. The van der Waals surface area contributed by atoms with Crippen LogP contribution in [0.25, 0.3) is 25.2 Å². The van der Waals surface area contributed by atoms with Crippen molar-refractivity contribution in [2.24, 2.45) is 9.98 Å². The molecule has 0 amide bonds. The van der Waals surface area contributed by atoms with Gasteiger partial charge in [-0.05, 0) is 34.4 Å². The molecule has 0 saturated heterocycles. The van der Waals surface area contributed by atoms with E-state index in [1.807, 2.05) is 0 Å². The average molecular weight is 963 g/mol. The average Bonchev–Trinajstić information content (AvgIpc) is 4.19. The van der Waals surface area contributed by atoms with Gasteiger partial charge in [-0.3, -0.25) is 19.2 Å². The Labute approximate surface area is 405 Å². The molecule has 0 fully saturated rings. The van der Waals surface area contributed by atoms with Gasteiger partial charge in [-0.2, -0.15) is 21.0 Å². The van der Waals surface area contributed by atoms with Crippen molar-refractivity contribution in [3.63, 3.8) is 0 Å². The zero-order valence-corrected chi connectivity index (χ0v) is 38.2. The van der Waals surface area contributed by atoms with Crippen LogP contribution in [0.1, 0.15) is 43.8 Å². The molecule has 0 aliphatic heterocycles. The second-order valence-electron chi connectivity index (χ2n) is 15.3. The number of hydrogen-bond acceptors (Lipinski definition) is 17. The first kappa shape index (κ1) is 45.3. The number of benzene rings is 4. The Morgan fingerprint density at radius 3 is 1.29 bits per heavy atom. The van der Waals surface area contributed by atoms with Gasteiger partial charge in [0.2, 0.25) is 22.3 Å². The number of esters is 4. The molecule has 0 N–H and O–H groups in total. The minimum absolute atomic E-state index is 0.0313. The molecule has 3 heterocycles. The number of carbonyl (C=O) groups excluding carboxylic acids is 4. The first-order valence-electron chi connectivity index (χ1n) is 20.8. The van der Waals surface area contributed by atoms with Gasteiger partial charge in [0.15, 0.2) is 0 Å². The molecular formula is C52H30N6O8S3. The van der Waals surface area contributed by atoms with E-state index in [4.69, 9.17) is 18.9 Å². The molecule has 17 heteroatoms. The maximum atomic E-state index is 15.3. The van der Waals surface area contributed by atoms with Gasteiger partial charge in [0.1, 0.15) is 55.7 Å². The lowest BCUT2D eigenvalue weighted by molar-refractivity contribution is -0.166. The zero-order chi connectivity index (χ0) is 48.1. The monoisotopic (exact) mass is 962 g/mol. The molecular weight excluding hydrogens is 933 g/mol. The topological polar surface area (TPSA) is 225 Å². The summed E-state index contributed by atoms with van der Waals surface area (Å²) in [6.07, 6.45) is 1.40. The summed E-state index contributed by atoms with van der Waals surface area (Å²) in [6.45, 7) is -1.09. The molecule has 0 bridgehead atoms. The molecule has 0 atom stereocenters. The Balaban J connectivity index is 1.30. The molecule has 69 heavy (non-hydrogen) atoms. The first-order chi connectivity index (χ1) is 33.7. The number of hydrogen-bond donors (Lipinski definition) is 0. The lowest BCUT2D eigenvalue weighted by Crippen LogP contribution is -2.46. The van der Waals surface area contributed by atoms with Gasteiger partial charge in [-0.15, -0.1) is 34.0 Å². The largest absolute Gasteiger partial charge is 0.459 e. The fourth-order valence-corrected chi connectivity index (χ4v) is 12.4. The summed E-state index contributed by atoms with van der Waals surface area (Å²) in [5, 5.41) is 39.3. The first-order valence-corrected chi connectivity index (χ1v) is 23.2. The Morgan fingerprint density at radius 2 is 0.870 bits per heavy atom. The van der Waals surface area contributed by atoms with Gasteiger partial charge < -0.3 is 18.9 Å². The van der Waals surface area contributed by atoms with Crippen LogP contribution in [-0.2, 0) is 75.4 Å². The van der Waals surface area contributed by atoms with E-state index in [2.05, 4.69) is 9.98 Å². The summed E-state index contributed by atoms with van der Waals surface area (Å²) in [4.78, 5) is 70.5. The van der Waals surface area contributed by atoms with Crippen molar-refractivity contribution in [1.29, 1.82) is 21.0 Å². The number of fused-ring (bicyclic) bond motifs is 7. The highest BCUT2D eigenvalue weighted by Crippen LogP contribution is 2.64. The van der Waals surface area contributed by atoms with Crippen molar-refractivity contribution in [3.8, 4) is 34.0 Å². The van der Waals surface area contributed by atoms with Gasteiger partial charge >= 0.3 is 23.9 Å². The van der Waals surface area contributed by atoms with Crippen molar-refractivity contribution in [1.82, 2.24) is 0 Å². The van der Waals surface area contributed by atoms with E-state index in [9.17, 15) is 21.0 Å². The van der Waals surface area contributed by atoms with Crippen LogP contribution < -0.4 is 0 Å². The fraction of sp³-hybridized carbons (Fsp3) is 0.115. The summed E-state index contributed by atoms with van der Waals surface area (Å²) in [5.74, 6) is -4.30. The standard InChI is InChI=1S/C52H30N6O8S3/c53-23-35(24-54)57-39-22-38-41(52(39,49(61)65-29-33-17-9-3-10-18-33)50(62)66-30-34-19-11-4-12-20-34)44-46(67-38)42-45(69-44)43-37(21-40(68-43)58-36(25-55)26-56)51(42,47(59)63-27-31-13-5-1-6-14-31)48(60)64-28-32-15-7-2-8-16-32/h1-22H,27-30H2. The molecule has 14 nitrogen and oxygen atoms in total. The molecule has 334 valence electrons. The lowest BCUT2D eigenvalue weighted by Gasteiger charge is -2.27. The van der Waals surface area contributed by atoms with Crippen molar-refractivity contribution in [2.75, 3.05) is 0 Å². The summed E-state index contributed by atoms with van der Waals surface area (Å²) < 4.78 is 24.7. The minimum atomic E-state index is -2.57. The van der Waals surface area contributed by atoms with Gasteiger partial charge in [-0.1, -0.05) is 121 Å². The van der Waals surface area contributed by atoms with E-state index in [0.717, 1.165) is 34.0 Å². The number of rotatable bonds is 14. The number of thiophene rings is 3. The van der Waals surface area contributed by atoms with Gasteiger partial charge in [0.05, 0.1) is 24.9 Å². The van der Waals surface area contributed by atoms with E-state index in [1.165, 1.54) is 12.1 Å². The zero-order valence-electron chi connectivity index (χ0n) is 35.7. The normalized spacial score (nSPS) is 13.1. The van der Waals surface area contributed by atoms with Crippen molar-refractivity contribution in [3.05, 3.63) is 177 Å². The molecule has 4 aromatic carbocycles. The highest BCUT2D eigenvalue weighted by atomic mass is 32.1. The second-order valence-corrected chi connectivity index (χ2v) is 18.4. The lowest BCUT2D eigenvalue weighted by atomic mass is 9.78. The Kier molecular flexibility index (Phi) is 12.6. The number of aliphatic imine (C=N–C) groups is 2. The molecule has 2 aliphatic rings. The molecule has 0 unspecified atom stereocenters. The summed E-state index contributed by atoms with van der Waals surface area (Å²) in [5.41, 5.74) is -3.71.